The number of hydrogen-bond acceptors (Lipinski definition) is 13. The molecule has 0 saturated carbocycles. The number of nitrogen functional groups attached to an aromatic ring is 1. The number of hydrogen-bond donors (Lipinski definition) is 5. The molecule has 1 aliphatic heterocycles. The van der Waals surface area contributed by atoms with Crippen molar-refractivity contribution in [2.24, 2.45) is 5.73 Å². The Balaban J connectivity index is 1.52. The van der Waals surface area contributed by atoms with Gasteiger partial charge in [-0.3, -0.25) is 9.32 Å². The predicted molar refractivity (Wildman–Crippen MR) is 135 cm³/mol. The Labute approximate surface area is 222 Å². The number of rotatable bonds is 11. The highest BCUT2D eigenvalue weighted by molar-refractivity contribution is 7.52. The van der Waals surface area contributed by atoms with Crippen LogP contribution in [0, 0.1) is 11.3 Å². The third-order valence-electron chi connectivity index (χ3n) is 5.88. The number of aromatic nitrogens is 3. The Morgan fingerprint density at radius 2 is 2.08 bits per heavy atom. The van der Waals surface area contributed by atoms with Crippen LogP contribution in [0.25, 0.3) is 5.52 Å². The molecule has 1 unspecified atom stereocenters. The van der Waals surface area contributed by atoms with Crippen LogP contribution in [0.2, 0.25) is 0 Å². The van der Waals surface area contributed by atoms with Gasteiger partial charge in [-0.25, -0.2) is 19.2 Å². The molecule has 1 aliphatic rings. The van der Waals surface area contributed by atoms with Gasteiger partial charge >= 0.3 is 13.7 Å². The zero-order valence-corrected chi connectivity index (χ0v) is 21.7. The number of para-hydroxylation sites is 1. The van der Waals surface area contributed by atoms with E-state index in [1.807, 2.05) is 6.07 Å². The number of aliphatic hydroxyl groups excluding tert-OH is 2. The van der Waals surface area contributed by atoms with Crippen molar-refractivity contribution in [1.29, 1.82) is 5.26 Å². The normalized spacial score (nSPS) is 25.1. The lowest BCUT2D eigenvalue weighted by Gasteiger charge is -2.27. The molecule has 15 nitrogen and oxygen atoms in total. The van der Waals surface area contributed by atoms with E-state index in [-0.39, 0.29) is 24.7 Å². The van der Waals surface area contributed by atoms with E-state index in [1.54, 1.807) is 30.3 Å². The molecule has 2 aromatic heterocycles. The van der Waals surface area contributed by atoms with Crippen molar-refractivity contribution in [1.82, 2.24) is 19.7 Å². The number of nitrogens with one attached hydrogen (secondary N) is 1. The maximum atomic E-state index is 13.6. The van der Waals surface area contributed by atoms with Gasteiger partial charge in [0.15, 0.2) is 5.82 Å². The van der Waals surface area contributed by atoms with Crippen molar-refractivity contribution in [2.45, 2.75) is 36.9 Å². The lowest BCUT2D eigenvalue weighted by atomic mass is 9.96. The SMILES string of the molecule is C[C@H](N)C(=O)OCCNP(=O)(OC[C@@]1(C#N)O[C@@H](c2ccc3c(N)ncnn23)[C@H](O)[C@@H]1O)Oc1ccccc1. The summed E-state index contributed by atoms with van der Waals surface area (Å²) >= 11 is 0. The Morgan fingerprint density at radius 3 is 2.77 bits per heavy atom. The lowest BCUT2D eigenvalue weighted by Crippen LogP contribution is -2.46. The Morgan fingerprint density at radius 1 is 1.33 bits per heavy atom. The van der Waals surface area contributed by atoms with Gasteiger partial charge < -0.3 is 35.7 Å². The molecular weight excluding hydrogens is 533 g/mol. The molecule has 16 heteroatoms. The summed E-state index contributed by atoms with van der Waals surface area (Å²) in [6.07, 6.45) is -3.37. The number of nitriles is 1. The molecule has 0 spiro atoms. The summed E-state index contributed by atoms with van der Waals surface area (Å²) < 4.78 is 36.9. The molecule has 7 N–H and O–H groups in total. The van der Waals surface area contributed by atoms with Crippen LogP contribution in [-0.4, -0.2) is 74.4 Å². The number of carbonyl (C=O) groups excluding carboxylic acids is 1. The van der Waals surface area contributed by atoms with E-state index in [0.29, 0.717) is 11.2 Å². The molecule has 4 rings (SSSR count). The van der Waals surface area contributed by atoms with Crippen molar-refractivity contribution in [3.05, 3.63) is 54.5 Å². The van der Waals surface area contributed by atoms with Crippen LogP contribution in [0.3, 0.4) is 0 Å². The first-order chi connectivity index (χ1) is 18.6. The smallest absolute Gasteiger partial charge is 0.458 e. The first-order valence-electron chi connectivity index (χ1n) is 11.8. The van der Waals surface area contributed by atoms with E-state index in [1.165, 1.54) is 29.9 Å². The zero-order chi connectivity index (χ0) is 28.2. The van der Waals surface area contributed by atoms with Gasteiger partial charge in [0.2, 0.25) is 5.60 Å². The number of aliphatic hydroxyl groups is 2. The first-order valence-corrected chi connectivity index (χ1v) is 13.3. The standard InChI is InChI=1S/C23H28N7O8P/c1-14(25)22(33)35-10-9-29-39(34,38-15-5-3-2-4-6-15)36-12-23(11-24)20(32)18(31)19(37-23)16-7-8-17-21(26)27-13-28-30(16)17/h2-8,13-14,18-20,31-32H,9-10,12,25H2,1H3,(H,29,34)(H2,26,27,28)/t14-,18-,19-,20-,23+,39?/m0/s1. The van der Waals surface area contributed by atoms with Crippen molar-refractivity contribution in [3.8, 4) is 11.8 Å². The molecule has 3 heterocycles. The second-order valence-electron chi connectivity index (χ2n) is 8.72. The summed E-state index contributed by atoms with van der Waals surface area (Å²) in [6, 6.07) is 12.2. The van der Waals surface area contributed by atoms with Gasteiger partial charge in [0.05, 0.1) is 5.69 Å². The zero-order valence-electron chi connectivity index (χ0n) is 20.8. The number of ether oxygens (including phenoxy) is 2. The van der Waals surface area contributed by atoms with E-state index < -0.39 is 50.3 Å². The minimum atomic E-state index is -4.24. The molecular formula is C23H28N7O8P. The minimum Gasteiger partial charge on any atom is -0.463 e. The maximum absolute atomic E-state index is 13.6. The van der Waals surface area contributed by atoms with E-state index in [2.05, 4.69) is 15.2 Å². The summed E-state index contributed by atoms with van der Waals surface area (Å²) in [5.41, 5.74) is 9.90. The highest BCUT2D eigenvalue weighted by Crippen LogP contribution is 2.48. The van der Waals surface area contributed by atoms with Crippen LogP contribution < -0.4 is 21.1 Å². The first kappa shape index (κ1) is 28.4. The maximum Gasteiger partial charge on any atom is 0.458 e. The van der Waals surface area contributed by atoms with Gasteiger partial charge in [-0.1, -0.05) is 18.2 Å². The van der Waals surface area contributed by atoms with Crippen LogP contribution in [0.1, 0.15) is 18.7 Å². The Hall–Kier alpha value is -3.61. The summed E-state index contributed by atoms with van der Waals surface area (Å²) in [5, 5.41) is 38.3. The fourth-order valence-corrected chi connectivity index (χ4v) is 5.18. The molecule has 0 bridgehead atoms. The highest BCUT2D eigenvalue weighted by atomic mass is 31.2. The fraction of sp³-hybridized carbons (Fsp3) is 0.391. The number of anilines is 1. The molecule has 39 heavy (non-hydrogen) atoms. The fourth-order valence-electron chi connectivity index (χ4n) is 3.85. The van der Waals surface area contributed by atoms with Crippen LogP contribution in [0.15, 0.2) is 48.8 Å². The summed E-state index contributed by atoms with van der Waals surface area (Å²) in [4.78, 5) is 15.5. The van der Waals surface area contributed by atoms with E-state index in [0.717, 1.165) is 0 Å². The quantitative estimate of drug-likeness (QED) is 0.118. The number of fused-ring (bicyclic) bond motifs is 1. The summed E-state index contributed by atoms with van der Waals surface area (Å²) in [5.74, 6) is -0.308. The minimum absolute atomic E-state index is 0.159. The summed E-state index contributed by atoms with van der Waals surface area (Å²) in [6.45, 7) is 0.321. The summed E-state index contributed by atoms with van der Waals surface area (Å²) in [7, 11) is -4.24. The van der Waals surface area contributed by atoms with Gasteiger partial charge in [-0.05, 0) is 31.2 Å². The van der Waals surface area contributed by atoms with Gasteiger partial charge in [0.25, 0.3) is 0 Å². The molecule has 6 atom stereocenters. The largest absolute Gasteiger partial charge is 0.463 e. The molecule has 0 amide bonds. The third-order valence-corrected chi connectivity index (χ3v) is 7.41. The number of carbonyl (C=O) groups is 1. The third kappa shape index (κ3) is 6.02. The molecule has 208 valence electrons. The topological polar surface area (TPSA) is 230 Å². The van der Waals surface area contributed by atoms with Crippen molar-refractivity contribution in [2.75, 3.05) is 25.5 Å². The van der Waals surface area contributed by atoms with Crippen LogP contribution in [0.4, 0.5) is 5.82 Å². The average Bonchev–Trinajstić information content (AvgIpc) is 3.46. The van der Waals surface area contributed by atoms with Crippen LogP contribution in [0.5, 0.6) is 5.75 Å². The molecule has 1 aromatic carbocycles. The molecule has 0 aliphatic carbocycles. The van der Waals surface area contributed by atoms with Crippen molar-refractivity contribution >= 4 is 25.1 Å². The molecule has 1 fully saturated rings. The number of esters is 1. The lowest BCUT2D eigenvalue weighted by molar-refractivity contribution is -0.144. The van der Waals surface area contributed by atoms with Crippen LogP contribution in [-0.2, 0) is 23.4 Å². The van der Waals surface area contributed by atoms with Gasteiger partial charge in [-0.15, -0.1) is 0 Å². The van der Waals surface area contributed by atoms with Crippen molar-refractivity contribution < 1.29 is 38.1 Å². The number of benzene rings is 1. The average molecular weight is 561 g/mol. The van der Waals surface area contributed by atoms with E-state index in [4.69, 9.17) is 30.0 Å². The van der Waals surface area contributed by atoms with Crippen LogP contribution >= 0.6 is 7.75 Å². The van der Waals surface area contributed by atoms with Gasteiger partial charge in [-0.2, -0.15) is 10.4 Å². The molecule has 1 saturated heterocycles. The molecule has 3 aromatic rings. The number of nitrogens with two attached hydrogens (primary N) is 2. The van der Waals surface area contributed by atoms with E-state index >= 15 is 0 Å². The second-order valence-corrected chi connectivity index (χ2v) is 10.5. The van der Waals surface area contributed by atoms with E-state index in [9.17, 15) is 24.8 Å². The van der Waals surface area contributed by atoms with Gasteiger partial charge in [0, 0.05) is 6.54 Å². The highest BCUT2D eigenvalue weighted by Gasteiger charge is 2.57. The molecule has 0 radical (unpaired) electrons. The predicted octanol–water partition coefficient (Wildman–Crippen LogP) is 0.0507. The van der Waals surface area contributed by atoms with Crippen molar-refractivity contribution in [3.63, 3.8) is 0 Å². The second kappa shape index (κ2) is 11.6. The van der Waals surface area contributed by atoms with Gasteiger partial charge in [0.1, 0.15) is 61.2 Å². The Bertz CT molecular complexity index is 1400. The monoisotopic (exact) mass is 561 g/mol. The Kier molecular flexibility index (Phi) is 8.48. The number of nitrogens with zero attached hydrogens (tertiary/aromatic N) is 4.